The lowest BCUT2D eigenvalue weighted by atomic mass is 10.0. The van der Waals surface area contributed by atoms with E-state index in [0.29, 0.717) is 26.1 Å². The zero-order valence-electron chi connectivity index (χ0n) is 5.72. The number of hydrogen-bond donors (Lipinski definition) is 0. The molecule has 3 heteroatoms. The Morgan fingerprint density at radius 1 is 1.40 bits per heavy atom. The van der Waals surface area contributed by atoms with Crippen LogP contribution in [0.15, 0.2) is 0 Å². The number of nitrogens with zero attached hydrogens (tertiary/aromatic N) is 1. The molecule has 1 aliphatic rings. The molecular weight excluding hydrogens is 133 g/mol. The third kappa shape index (κ3) is 1.68. The molecule has 0 N–H and O–H groups in total. The first-order valence-corrected chi connectivity index (χ1v) is 3.46. The van der Waals surface area contributed by atoms with Crippen LogP contribution in [0.3, 0.4) is 0 Å². The highest BCUT2D eigenvalue weighted by molar-refractivity contribution is 4.89. The van der Waals surface area contributed by atoms with Gasteiger partial charge in [0.25, 0.3) is 0 Å². The molecule has 1 heterocycles. The van der Waals surface area contributed by atoms with Gasteiger partial charge in [0.2, 0.25) is 0 Å². The maximum absolute atomic E-state index is 12.8. The van der Waals surface area contributed by atoms with E-state index >= 15 is 0 Å². The standard InChI is InChI=1S/C7H10FNO/c8-7-2-4-10-3-1-6(7)5-9/h6-7H,1-4H2/t6-,7+/m0/s1. The fourth-order valence-electron chi connectivity index (χ4n) is 1.04. The van der Waals surface area contributed by atoms with E-state index in [9.17, 15) is 4.39 Å². The van der Waals surface area contributed by atoms with Gasteiger partial charge >= 0.3 is 0 Å². The van der Waals surface area contributed by atoms with Crippen LogP contribution in [-0.4, -0.2) is 19.4 Å². The van der Waals surface area contributed by atoms with E-state index in [2.05, 4.69) is 0 Å². The molecule has 1 saturated heterocycles. The van der Waals surface area contributed by atoms with Crippen molar-refractivity contribution in [2.45, 2.75) is 19.0 Å². The largest absolute Gasteiger partial charge is 0.381 e. The van der Waals surface area contributed by atoms with Crippen molar-refractivity contribution in [3.8, 4) is 6.07 Å². The SMILES string of the molecule is N#C[C@@H]1CCOCC[C@H]1F. The first-order valence-electron chi connectivity index (χ1n) is 3.46. The minimum atomic E-state index is -0.979. The molecular formula is C7H10FNO. The summed E-state index contributed by atoms with van der Waals surface area (Å²) >= 11 is 0. The number of rotatable bonds is 0. The molecule has 0 aliphatic carbocycles. The lowest BCUT2D eigenvalue weighted by Crippen LogP contribution is -2.12. The van der Waals surface area contributed by atoms with Crippen LogP contribution in [0.25, 0.3) is 0 Å². The monoisotopic (exact) mass is 143 g/mol. The fourth-order valence-corrected chi connectivity index (χ4v) is 1.04. The van der Waals surface area contributed by atoms with Gasteiger partial charge in [-0.05, 0) is 6.42 Å². The summed E-state index contributed by atoms with van der Waals surface area (Å²) in [4.78, 5) is 0. The van der Waals surface area contributed by atoms with Crippen molar-refractivity contribution >= 4 is 0 Å². The Labute approximate surface area is 59.6 Å². The highest BCUT2D eigenvalue weighted by atomic mass is 19.1. The maximum Gasteiger partial charge on any atom is 0.118 e. The van der Waals surface area contributed by atoms with E-state index in [1.807, 2.05) is 6.07 Å². The quantitative estimate of drug-likeness (QED) is 0.511. The number of halogens is 1. The summed E-state index contributed by atoms with van der Waals surface area (Å²) in [5.41, 5.74) is 0. The second-order valence-electron chi connectivity index (χ2n) is 2.44. The molecule has 0 amide bonds. The molecule has 1 aliphatic heterocycles. The van der Waals surface area contributed by atoms with Crippen LogP contribution in [0.2, 0.25) is 0 Å². The summed E-state index contributed by atoms with van der Waals surface area (Å²) in [6.07, 6.45) is -0.0666. The Morgan fingerprint density at radius 3 is 2.80 bits per heavy atom. The van der Waals surface area contributed by atoms with Gasteiger partial charge in [0.15, 0.2) is 0 Å². The third-order valence-corrected chi connectivity index (χ3v) is 1.71. The molecule has 0 saturated carbocycles. The smallest absolute Gasteiger partial charge is 0.118 e. The lowest BCUT2D eigenvalue weighted by Gasteiger charge is -2.06. The van der Waals surface area contributed by atoms with Crippen LogP contribution in [0.1, 0.15) is 12.8 Å². The molecule has 0 bridgehead atoms. The van der Waals surface area contributed by atoms with Crippen LogP contribution in [0.4, 0.5) is 4.39 Å². The summed E-state index contributed by atoms with van der Waals surface area (Å²) in [6.45, 7) is 0.984. The normalized spacial score (nSPS) is 34.4. The highest BCUT2D eigenvalue weighted by Crippen LogP contribution is 2.18. The van der Waals surface area contributed by atoms with Crippen molar-refractivity contribution in [3.63, 3.8) is 0 Å². The van der Waals surface area contributed by atoms with Gasteiger partial charge in [0, 0.05) is 19.6 Å². The number of ether oxygens (including phenoxy) is 1. The van der Waals surface area contributed by atoms with E-state index in [1.54, 1.807) is 0 Å². The molecule has 0 unspecified atom stereocenters. The zero-order valence-corrected chi connectivity index (χ0v) is 5.72. The van der Waals surface area contributed by atoms with Crippen LogP contribution in [0.5, 0.6) is 0 Å². The minimum Gasteiger partial charge on any atom is -0.381 e. The molecule has 0 aromatic heterocycles. The second kappa shape index (κ2) is 3.52. The molecule has 0 radical (unpaired) electrons. The summed E-state index contributed by atoms with van der Waals surface area (Å²) in [5.74, 6) is -0.442. The highest BCUT2D eigenvalue weighted by Gasteiger charge is 2.22. The molecule has 2 nitrogen and oxygen atoms in total. The molecule has 56 valence electrons. The Morgan fingerprint density at radius 2 is 2.10 bits per heavy atom. The molecule has 0 aromatic rings. The summed E-state index contributed by atoms with van der Waals surface area (Å²) in [5, 5.41) is 8.44. The van der Waals surface area contributed by atoms with Crippen molar-refractivity contribution in [1.29, 1.82) is 5.26 Å². The number of nitriles is 1. The lowest BCUT2D eigenvalue weighted by molar-refractivity contribution is 0.138. The molecule has 2 atom stereocenters. The average molecular weight is 143 g/mol. The van der Waals surface area contributed by atoms with Crippen LogP contribution in [-0.2, 0) is 4.74 Å². The van der Waals surface area contributed by atoms with E-state index in [1.165, 1.54) is 0 Å². The van der Waals surface area contributed by atoms with Gasteiger partial charge < -0.3 is 4.74 Å². The Balaban J connectivity index is 2.45. The summed E-state index contributed by atoms with van der Waals surface area (Å²) in [6, 6.07) is 1.94. The Bertz CT molecular complexity index is 143. The predicted molar refractivity (Wildman–Crippen MR) is 34.1 cm³/mol. The minimum absolute atomic E-state index is 0.373. The molecule has 1 rings (SSSR count). The van der Waals surface area contributed by atoms with E-state index in [-0.39, 0.29) is 0 Å². The van der Waals surface area contributed by atoms with Gasteiger partial charge in [0.05, 0.1) is 12.0 Å². The molecule has 1 fully saturated rings. The fraction of sp³-hybridized carbons (Fsp3) is 0.857. The van der Waals surface area contributed by atoms with Gasteiger partial charge in [0.1, 0.15) is 6.17 Å². The van der Waals surface area contributed by atoms with Gasteiger partial charge in [-0.3, -0.25) is 0 Å². The first-order chi connectivity index (χ1) is 4.84. The van der Waals surface area contributed by atoms with Gasteiger partial charge in [-0.2, -0.15) is 5.26 Å². The average Bonchev–Trinajstić information content (AvgIpc) is 2.13. The molecule has 0 spiro atoms. The predicted octanol–water partition coefficient (Wildman–Crippen LogP) is 1.27. The third-order valence-electron chi connectivity index (χ3n) is 1.71. The first kappa shape index (κ1) is 7.49. The van der Waals surface area contributed by atoms with E-state index in [0.717, 1.165) is 0 Å². The van der Waals surface area contributed by atoms with Crippen LogP contribution >= 0.6 is 0 Å². The summed E-state index contributed by atoms with van der Waals surface area (Å²) < 4.78 is 17.8. The molecule has 10 heavy (non-hydrogen) atoms. The van der Waals surface area contributed by atoms with Gasteiger partial charge in [-0.15, -0.1) is 0 Å². The van der Waals surface area contributed by atoms with E-state index in [4.69, 9.17) is 10.00 Å². The summed E-state index contributed by atoms with van der Waals surface area (Å²) in [7, 11) is 0. The van der Waals surface area contributed by atoms with Gasteiger partial charge in [-0.25, -0.2) is 4.39 Å². The van der Waals surface area contributed by atoms with Crippen LogP contribution < -0.4 is 0 Å². The number of alkyl halides is 1. The van der Waals surface area contributed by atoms with E-state index < -0.39 is 12.1 Å². The zero-order chi connectivity index (χ0) is 7.40. The Kier molecular flexibility index (Phi) is 2.64. The van der Waals surface area contributed by atoms with Crippen LogP contribution in [0, 0.1) is 17.2 Å². The maximum atomic E-state index is 12.8. The van der Waals surface area contributed by atoms with Crippen molar-refractivity contribution in [2.24, 2.45) is 5.92 Å². The van der Waals surface area contributed by atoms with Crippen molar-refractivity contribution < 1.29 is 9.13 Å². The topological polar surface area (TPSA) is 33.0 Å². The van der Waals surface area contributed by atoms with Gasteiger partial charge in [-0.1, -0.05) is 0 Å². The van der Waals surface area contributed by atoms with Crippen molar-refractivity contribution in [1.82, 2.24) is 0 Å². The van der Waals surface area contributed by atoms with Crippen molar-refractivity contribution in [2.75, 3.05) is 13.2 Å². The second-order valence-corrected chi connectivity index (χ2v) is 2.44. The molecule has 0 aromatic carbocycles. The number of hydrogen-bond acceptors (Lipinski definition) is 2. The Hall–Kier alpha value is -0.620. The van der Waals surface area contributed by atoms with Crippen molar-refractivity contribution in [3.05, 3.63) is 0 Å².